The van der Waals surface area contributed by atoms with Crippen molar-refractivity contribution >= 4 is 21.9 Å². The number of sulfonamides is 1. The summed E-state index contributed by atoms with van der Waals surface area (Å²) in [6.45, 7) is 7.31. The molecule has 1 aliphatic rings. The molecule has 184 valence electrons. The van der Waals surface area contributed by atoms with Gasteiger partial charge < -0.3 is 14.6 Å². The fourth-order valence-electron chi connectivity index (χ4n) is 3.87. The maximum absolute atomic E-state index is 13.7. The first kappa shape index (κ1) is 25.7. The topological polar surface area (TPSA) is 119 Å². The SMILES string of the molecule is C=CCC1OC(C(=O)OC)[C@]1(O)c1c(-c2ccc(F)cc2)nc(N(C)S(C)(=O)=O)nc1C(C)C. The quantitative estimate of drug-likeness (QED) is 0.440. The molecule has 2 heterocycles. The molecule has 1 saturated heterocycles. The van der Waals surface area contributed by atoms with E-state index in [1.807, 2.05) is 13.8 Å². The smallest absolute Gasteiger partial charge is 0.338 e. The molecule has 3 atom stereocenters. The third-order valence-electron chi connectivity index (χ3n) is 5.76. The molecule has 11 heteroatoms. The Bertz CT molecular complexity index is 1200. The fourth-order valence-corrected chi connectivity index (χ4v) is 4.25. The largest absolute Gasteiger partial charge is 0.467 e. The Hall–Kier alpha value is -2.89. The Morgan fingerprint density at radius 2 is 1.97 bits per heavy atom. The van der Waals surface area contributed by atoms with Crippen LogP contribution < -0.4 is 4.31 Å². The van der Waals surface area contributed by atoms with Gasteiger partial charge in [0.1, 0.15) is 5.82 Å². The zero-order valence-electron chi connectivity index (χ0n) is 19.6. The van der Waals surface area contributed by atoms with Crippen molar-refractivity contribution in [1.29, 1.82) is 0 Å². The van der Waals surface area contributed by atoms with Crippen LogP contribution in [0, 0.1) is 5.82 Å². The van der Waals surface area contributed by atoms with Crippen LogP contribution in [0.5, 0.6) is 0 Å². The van der Waals surface area contributed by atoms with Gasteiger partial charge in [-0.05, 0) is 36.6 Å². The molecule has 9 nitrogen and oxygen atoms in total. The minimum Gasteiger partial charge on any atom is -0.467 e. The van der Waals surface area contributed by atoms with E-state index in [1.54, 1.807) is 6.08 Å². The highest BCUT2D eigenvalue weighted by molar-refractivity contribution is 7.92. The molecule has 2 aromatic rings. The number of esters is 1. The Labute approximate surface area is 198 Å². The van der Waals surface area contributed by atoms with Crippen molar-refractivity contribution in [3.05, 3.63) is 54.0 Å². The first-order chi connectivity index (χ1) is 15.9. The molecule has 0 amide bonds. The third kappa shape index (κ3) is 4.42. The van der Waals surface area contributed by atoms with Gasteiger partial charge in [0.2, 0.25) is 16.0 Å². The number of hydrogen-bond donors (Lipinski definition) is 1. The second kappa shape index (κ2) is 9.40. The number of aromatic nitrogens is 2. The maximum Gasteiger partial charge on any atom is 0.338 e. The number of nitrogens with zero attached hydrogens (tertiary/aromatic N) is 3. The molecule has 0 radical (unpaired) electrons. The normalized spacial score (nSPS) is 22.2. The second-order valence-corrected chi connectivity index (χ2v) is 10.4. The Balaban J connectivity index is 2.41. The number of halogens is 1. The van der Waals surface area contributed by atoms with E-state index >= 15 is 0 Å². The fraction of sp³-hybridized carbons (Fsp3) is 0.435. The molecular weight excluding hydrogens is 465 g/mol. The van der Waals surface area contributed by atoms with Gasteiger partial charge in [0, 0.05) is 18.2 Å². The molecular formula is C23H28FN3O6S. The van der Waals surface area contributed by atoms with Crippen molar-refractivity contribution < 1.29 is 32.2 Å². The maximum atomic E-state index is 13.7. The van der Waals surface area contributed by atoms with Gasteiger partial charge >= 0.3 is 5.97 Å². The van der Waals surface area contributed by atoms with Crippen molar-refractivity contribution in [1.82, 2.24) is 9.97 Å². The highest BCUT2D eigenvalue weighted by Gasteiger charge is 2.62. The lowest BCUT2D eigenvalue weighted by Gasteiger charge is -2.51. The average molecular weight is 494 g/mol. The van der Waals surface area contributed by atoms with Crippen LogP contribution in [0.1, 0.15) is 37.4 Å². The highest BCUT2D eigenvalue weighted by atomic mass is 32.2. The van der Waals surface area contributed by atoms with Crippen LogP contribution in [0.25, 0.3) is 11.3 Å². The summed E-state index contributed by atoms with van der Waals surface area (Å²) in [5.41, 5.74) is -0.864. The van der Waals surface area contributed by atoms with Crippen LogP contribution in [-0.2, 0) is 29.9 Å². The average Bonchev–Trinajstić information content (AvgIpc) is 2.79. The van der Waals surface area contributed by atoms with Gasteiger partial charge in [-0.1, -0.05) is 19.9 Å². The van der Waals surface area contributed by atoms with E-state index in [9.17, 15) is 22.7 Å². The lowest BCUT2D eigenvalue weighted by atomic mass is 9.73. The van der Waals surface area contributed by atoms with Gasteiger partial charge in [-0.2, -0.15) is 0 Å². The summed E-state index contributed by atoms with van der Waals surface area (Å²) < 4.78 is 49.6. The van der Waals surface area contributed by atoms with E-state index < -0.39 is 39.6 Å². The number of carbonyl (C=O) groups is 1. The van der Waals surface area contributed by atoms with Crippen LogP contribution in [0.3, 0.4) is 0 Å². The minimum atomic E-state index is -3.72. The molecule has 1 N–H and O–H groups in total. The van der Waals surface area contributed by atoms with Gasteiger partial charge in [0.25, 0.3) is 0 Å². The van der Waals surface area contributed by atoms with Crippen molar-refractivity contribution in [2.45, 2.75) is 44.0 Å². The lowest BCUT2D eigenvalue weighted by molar-refractivity contribution is -0.293. The van der Waals surface area contributed by atoms with Crippen LogP contribution in [0.4, 0.5) is 10.3 Å². The summed E-state index contributed by atoms with van der Waals surface area (Å²) in [7, 11) is -1.23. The van der Waals surface area contributed by atoms with Crippen molar-refractivity contribution in [2.75, 3.05) is 24.7 Å². The molecule has 3 rings (SSSR count). The molecule has 0 saturated carbocycles. The zero-order valence-corrected chi connectivity index (χ0v) is 20.5. The highest BCUT2D eigenvalue weighted by Crippen LogP contribution is 2.49. The number of aliphatic hydroxyl groups is 1. The summed E-state index contributed by atoms with van der Waals surface area (Å²) in [5.74, 6) is -1.73. The number of methoxy groups -OCH3 is 1. The van der Waals surface area contributed by atoms with E-state index in [0.29, 0.717) is 11.3 Å². The summed E-state index contributed by atoms with van der Waals surface area (Å²) in [6, 6.07) is 5.34. The molecule has 34 heavy (non-hydrogen) atoms. The van der Waals surface area contributed by atoms with E-state index in [2.05, 4.69) is 16.5 Å². The molecule has 1 aromatic carbocycles. The van der Waals surface area contributed by atoms with Crippen molar-refractivity contribution in [3.8, 4) is 11.3 Å². The van der Waals surface area contributed by atoms with Gasteiger partial charge in [-0.25, -0.2) is 31.9 Å². The van der Waals surface area contributed by atoms with Gasteiger partial charge in [0.15, 0.2) is 11.7 Å². The first-order valence-electron chi connectivity index (χ1n) is 10.5. The van der Waals surface area contributed by atoms with Gasteiger partial charge in [0.05, 0.1) is 30.9 Å². The van der Waals surface area contributed by atoms with E-state index in [4.69, 9.17) is 9.47 Å². The minimum absolute atomic E-state index is 0.131. The lowest BCUT2D eigenvalue weighted by Crippen LogP contribution is -2.66. The second-order valence-electron chi connectivity index (χ2n) is 8.40. The molecule has 0 spiro atoms. The third-order valence-corrected chi connectivity index (χ3v) is 6.91. The Kier molecular flexibility index (Phi) is 7.11. The molecule has 2 unspecified atom stereocenters. The molecule has 0 bridgehead atoms. The number of rotatable bonds is 8. The van der Waals surface area contributed by atoms with E-state index in [1.165, 1.54) is 38.4 Å². The Morgan fingerprint density at radius 1 is 1.35 bits per heavy atom. The summed E-state index contributed by atoms with van der Waals surface area (Å²) in [6.07, 6.45) is 0.518. The van der Waals surface area contributed by atoms with Crippen LogP contribution in [0.15, 0.2) is 36.9 Å². The molecule has 1 aliphatic heterocycles. The Morgan fingerprint density at radius 3 is 2.47 bits per heavy atom. The van der Waals surface area contributed by atoms with Crippen molar-refractivity contribution in [2.24, 2.45) is 0 Å². The van der Waals surface area contributed by atoms with E-state index in [-0.39, 0.29) is 29.5 Å². The van der Waals surface area contributed by atoms with Gasteiger partial charge in [-0.15, -0.1) is 6.58 Å². The number of anilines is 1. The zero-order chi connectivity index (χ0) is 25.4. The van der Waals surface area contributed by atoms with E-state index in [0.717, 1.165) is 10.6 Å². The van der Waals surface area contributed by atoms with Crippen LogP contribution in [-0.4, -0.2) is 62.1 Å². The molecule has 1 aromatic heterocycles. The standard InChI is InChI=1S/C23H28FN3O6S/c1-7-8-16-23(29,20(33-16)21(28)32-5)17-18(13(2)3)25-22(27(4)34(6,30)31)26-19(17)14-9-11-15(24)12-10-14/h7,9-13,16,20,29H,1,8H2,2-6H3/t16?,20?,23-/m1/s1. The predicted octanol–water partition coefficient (Wildman–Crippen LogP) is 2.51. The van der Waals surface area contributed by atoms with Crippen LogP contribution in [0.2, 0.25) is 0 Å². The monoisotopic (exact) mass is 493 g/mol. The summed E-state index contributed by atoms with van der Waals surface area (Å²) >= 11 is 0. The number of carbonyl (C=O) groups excluding carboxylic acids is 1. The number of benzene rings is 1. The van der Waals surface area contributed by atoms with Gasteiger partial charge in [-0.3, -0.25) is 0 Å². The number of hydrogen-bond acceptors (Lipinski definition) is 8. The predicted molar refractivity (Wildman–Crippen MR) is 124 cm³/mol. The number of ether oxygens (including phenoxy) is 2. The summed E-state index contributed by atoms with van der Waals surface area (Å²) in [4.78, 5) is 21.4. The van der Waals surface area contributed by atoms with Crippen molar-refractivity contribution in [3.63, 3.8) is 0 Å². The molecule has 1 fully saturated rings. The summed E-state index contributed by atoms with van der Waals surface area (Å²) in [5, 5.41) is 12.0. The van der Waals surface area contributed by atoms with Crippen LogP contribution >= 0.6 is 0 Å². The molecule has 0 aliphatic carbocycles. The first-order valence-corrected chi connectivity index (χ1v) is 12.4.